The van der Waals surface area contributed by atoms with E-state index in [9.17, 15) is 8.42 Å². The first kappa shape index (κ1) is 12.9. The molecule has 2 atom stereocenters. The summed E-state index contributed by atoms with van der Waals surface area (Å²) in [5.41, 5.74) is 0. The van der Waals surface area contributed by atoms with Crippen molar-refractivity contribution in [1.29, 1.82) is 0 Å². The topological polar surface area (TPSA) is 46.6 Å². The molecule has 0 N–H and O–H groups in total. The Morgan fingerprint density at radius 1 is 1.40 bits per heavy atom. The molecule has 5 heteroatoms. The van der Waals surface area contributed by atoms with Gasteiger partial charge in [-0.1, -0.05) is 13.8 Å². The number of rotatable bonds is 3. The molecule has 0 amide bonds. The van der Waals surface area contributed by atoms with E-state index in [1.165, 1.54) is 0 Å². The van der Waals surface area contributed by atoms with Crippen molar-refractivity contribution < 1.29 is 13.2 Å². The highest BCUT2D eigenvalue weighted by molar-refractivity contribution is 7.89. The lowest BCUT2D eigenvalue weighted by molar-refractivity contribution is -0.0171. The normalized spacial score (nSPS) is 29.7. The average molecular weight is 235 g/mol. The predicted octanol–water partition coefficient (Wildman–Crippen LogP) is 1.08. The van der Waals surface area contributed by atoms with Crippen molar-refractivity contribution in [3.63, 3.8) is 0 Å². The van der Waals surface area contributed by atoms with Gasteiger partial charge in [0.05, 0.1) is 18.5 Å². The lowest BCUT2D eigenvalue weighted by Gasteiger charge is -2.36. The Bertz CT molecular complexity index is 300. The van der Waals surface area contributed by atoms with Gasteiger partial charge in [-0.3, -0.25) is 0 Å². The second-order valence-corrected chi connectivity index (χ2v) is 6.70. The molecule has 90 valence electrons. The van der Waals surface area contributed by atoms with Gasteiger partial charge in [-0.2, -0.15) is 4.31 Å². The van der Waals surface area contributed by atoms with Crippen molar-refractivity contribution >= 4 is 10.0 Å². The second-order valence-electron chi connectivity index (χ2n) is 4.74. The van der Waals surface area contributed by atoms with Crippen molar-refractivity contribution in [1.82, 2.24) is 4.31 Å². The van der Waals surface area contributed by atoms with Crippen molar-refractivity contribution in [2.24, 2.45) is 5.92 Å². The summed E-state index contributed by atoms with van der Waals surface area (Å²) in [6.45, 7) is 8.63. The Hall–Kier alpha value is -0.130. The van der Waals surface area contributed by atoms with Crippen molar-refractivity contribution in [3.05, 3.63) is 0 Å². The van der Waals surface area contributed by atoms with E-state index < -0.39 is 10.0 Å². The van der Waals surface area contributed by atoms with Crippen LogP contribution in [0.4, 0.5) is 0 Å². The van der Waals surface area contributed by atoms with Gasteiger partial charge in [-0.25, -0.2) is 8.42 Å². The highest BCUT2D eigenvalue weighted by Crippen LogP contribution is 2.17. The molecule has 15 heavy (non-hydrogen) atoms. The quantitative estimate of drug-likeness (QED) is 0.735. The van der Waals surface area contributed by atoms with Gasteiger partial charge in [0, 0.05) is 12.6 Å². The Kier molecular flexibility index (Phi) is 4.14. The van der Waals surface area contributed by atoms with E-state index >= 15 is 0 Å². The van der Waals surface area contributed by atoms with Gasteiger partial charge in [0.15, 0.2) is 0 Å². The third-order valence-electron chi connectivity index (χ3n) is 2.45. The van der Waals surface area contributed by atoms with Crippen LogP contribution in [0.15, 0.2) is 0 Å². The van der Waals surface area contributed by atoms with E-state index in [4.69, 9.17) is 4.74 Å². The molecule has 0 radical (unpaired) electrons. The molecule has 4 nitrogen and oxygen atoms in total. The van der Waals surface area contributed by atoms with Crippen molar-refractivity contribution in [2.45, 2.75) is 39.8 Å². The molecule has 1 saturated heterocycles. The summed E-state index contributed by atoms with van der Waals surface area (Å²) in [6.07, 6.45) is 0.00290. The Morgan fingerprint density at radius 3 is 2.53 bits per heavy atom. The molecule has 0 aliphatic carbocycles. The van der Waals surface area contributed by atoms with Crippen LogP contribution in [0.1, 0.15) is 27.7 Å². The Balaban J connectivity index is 2.76. The maximum atomic E-state index is 12.0. The number of hydrogen-bond donors (Lipinski definition) is 0. The fraction of sp³-hybridized carbons (Fsp3) is 1.00. The van der Waals surface area contributed by atoms with Gasteiger partial charge >= 0.3 is 0 Å². The fourth-order valence-corrected chi connectivity index (χ4v) is 3.86. The highest BCUT2D eigenvalue weighted by atomic mass is 32.2. The van der Waals surface area contributed by atoms with E-state index in [1.54, 1.807) is 4.31 Å². The molecule has 1 rings (SSSR count). The highest BCUT2D eigenvalue weighted by Gasteiger charge is 2.32. The summed E-state index contributed by atoms with van der Waals surface area (Å²) in [7, 11) is -3.11. The number of ether oxygens (including phenoxy) is 1. The van der Waals surface area contributed by atoms with Gasteiger partial charge in [0.2, 0.25) is 10.0 Å². The Labute approximate surface area is 92.7 Å². The maximum Gasteiger partial charge on any atom is 0.214 e. The van der Waals surface area contributed by atoms with Gasteiger partial charge in [0.25, 0.3) is 0 Å². The van der Waals surface area contributed by atoms with Crippen LogP contribution in [0, 0.1) is 5.92 Å². The molecule has 1 heterocycles. The van der Waals surface area contributed by atoms with Gasteiger partial charge in [-0.05, 0) is 19.8 Å². The number of hydrogen-bond acceptors (Lipinski definition) is 3. The average Bonchev–Trinajstić information content (AvgIpc) is 2.06. The minimum atomic E-state index is -3.11. The fourth-order valence-electron chi connectivity index (χ4n) is 1.78. The largest absolute Gasteiger partial charge is 0.375 e. The van der Waals surface area contributed by atoms with Crippen LogP contribution in [0.25, 0.3) is 0 Å². The summed E-state index contributed by atoms with van der Waals surface area (Å²) < 4.78 is 31.0. The summed E-state index contributed by atoms with van der Waals surface area (Å²) in [5, 5.41) is 0. The van der Waals surface area contributed by atoms with E-state index in [0.717, 1.165) is 0 Å². The second kappa shape index (κ2) is 4.80. The van der Waals surface area contributed by atoms with Crippen molar-refractivity contribution in [3.8, 4) is 0 Å². The first-order valence-electron chi connectivity index (χ1n) is 5.44. The Morgan fingerprint density at radius 2 is 2.00 bits per heavy atom. The zero-order valence-electron chi connectivity index (χ0n) is 9.93. The van der Waals surface area contributed by atoms with E-state index in [-0.39, 0.29) is 23.8 Å². The summed E-state index contributed by atoms with van der Waals surface area (Å²) in [5.74, 6) is 0.393. The van der Waals surface area contributed by atoms with E-state index in [2.05, 4.69) is 0 Å². The monoisotopic (exact) mass is 235 g/mol. The lowest BCUT2D eigenvalue weighted by atomic mass is 10.2. The summed E-state index contributed by atoms with van der Waals surface area (Å²) in [6, 6.07) is -0.0371. The molecule has 0 unspecified atom stereocenters. The molecule has 0 aromatic heterocycles. The molecule has 0 bridgehead atoms. The standard InChI is InChI=1S/C10H21NO3S/c1-8(2)7-15(12,13)11-5-10(4)14-6-9(11)3/h8-10H,5-7H2,1-4H3/t9-,10-/m1/s1. The van der Waals surface area contributed by atoms with Crippen LogP contribution >= 0.6 is 0 Å². The number of morpholine rings is 1. The minimum Gasteiger partial charge on any atom is -0.375 e. The zero-order valence-corrected chi connectivity index (χ0v) is 10.8. The molecular formula is C10H21NO3S. The number of sulfonamides is 1. The van der Waals surface area contributed by atoms with Crippen LogP contribution < -0.4 is 0 Å². The molecular weight excluding hydrogens is 214 g/mol. The van der Waals surface area contributed by atoms with Crippen LogP contribution in [0.2, 0.25) is 0 Å². The van der Waals surface area contributed by atoms with Crippen LogP contribution in [0.3, 0.4) is 0 Å². The maximum absolute atomic E-state index is 12.0. The van der Waals surface area contributed by atoms with Gasteiger partial charge in [-0.15, -0.1) is 0 Å². The molecule has 0 aromatic rings. The molecule has 1 aliphatic heterocycles. The molecule has 0 aromatic carbocycles. The van der Waals surface area contributed by atoms with Crippen LogP contribution in [-0.2, 0) is 14.8 Å². The van der Waals surface area contributed by atoms with Gasteiger partial charge < -0.3 is 4.74 Å². The van der Waals surface area contributed by atoms with Crippen molar-refractivity contribution in [2.75, 3.05) is 18.9 Å². The molecule has 1 aliphatic rings. The van der Waals surface area contributed by atoms with Crippen LogP contribution in [-0.4, -0.2) is 43.8 Å². The molecule has 0 saturated carbocycles. The molecule has 1 fully saturated rings. The summed E-state index contributed by atoms with van der Waals surface area (Å²) >= 11 is 0. The molecule has 0 spiro atoms. The third-order valence-corrected chi connectivity index (χ3v) is 4.76. The van der Waals surface area contributed by atoms with Gasteiger partial charge in [0.1, 0.15) is 0 Å². The van der Waals surface area contributed by atoms with E-state index in [0.29, 0.717) is 13.2 Å². The minimum absolute atomic E-state index is 0.00290. The summed E-state index contributed by atoms with van der Waals surface area (Å²) in [4.78, 5) is 0. The van der Waals surface area contributed by atoms with E-state index in [1.807, 2.05) is 27.7 Å². The number of nitrogens with zero attached hydrogens (tertiary/aromatic N) is 1. The predicted molar refractivity (Wildman–Crippen MR) is 60.2 cm³/mol. The first-order chi connectivity index (χ1) is 6.83. The SMILES string of the molecule is CC(C)CS(=O)(=O)N1C[C@@H](C)OC[C@H]1C. The van der Waals surface area contributed by atoms with Crippen LogP contribution in [0.5, 0.6) is 0 Å². The lowest BCUT2D eigenvalue weighted by Crippen LogP contribution is -2.51. The zero-order chi connectivity index (χ0) is 11.6. The first-order valence-corrected chi connectivity index (χ1v) is 7.05. The smallest absolute Gasteiger partial charge is 0.214 e. The third kappa shape index (κ3) is 3.43.